The summed E-state index contributed by atoms with van der Waals surface area (Å²) in [7, 11) is 1.80. The normalized spacial score (nSPS) is 12.5. The van der Waals surface area contributed by atoms with Crippen LogP contribution in [0.3, 0.4) is 0 Å². The van der Waals surface area contributed by atoms with Crippen LogP contribution in [0.2, 0.25) is 0 Å². The fraction of sp³-hybridized carbons (Fsp3) is 0.412. The molecule has 3 heterocycles. The number of carbonyl (C=O) groups is 1. The van der Waals surface area contributed by atoms with Gasteiger partial charge in [-0.1, -0.05) is 6.92 Å². The number of pyridine rings is 1. The SMILES string of the molecule is CC[C@@H](C)n1ncc2c(C(=O)Nc3cc(C)nn3C)cc(C)nc21. The second-order valence-corrected chi connectivity index (χ2v) is 6.14. The fourth-order valence-corrected chi connectivity index (χ4v) is 2.74. The summed E-state index contributed by atoms with van der Waals surface area (Å²) in [5.74, 6) is 0.478. The van der Waals surface area contributed by atoms with Crippen molar-refractivity contribution in [3.05, 3.63) is 35.3 Å². The summed E-state index contributed by atoms with van der Waals surface area (Å²) in [5.41, 5.74) is 2.97. The molecule has 0 bridgehead atoms. The van der Waals surface area contributed by atoms with Crippen molar-refractivity contribution < 1.29 is 4.79 Å². The molecule has 1 atom stereocenters. The van der Waals surface area contributed by atoms with E-state index in [9.17, 15) is 4.79 Å². The van der Waals surface area contributed by atoms with Crippen LogP contribution in [0.1, 0.15) is 48.1 Å². The molecular weight excluding hydrogens is 304 g/mol. The number of fused-ring (bicyclic) bond motifs is 1. The topological polar surface area (TPSA) is 77.6 Å². The molecule has 0 aliphatic heterocycles. The second kappa shape index (κ2) is 6.07. The lowest BCUT2D eigenvalue weighted by atomic mass is 10.1. The smallest absolute Gasteiger partial charge is 0.257 e. The first-order chi connectivity index (χ1) is 11.4. The molecule has 0 saturated carbocycles. The minimum atomic E-state index is -0.183. The Hall–Kier alpha value is -2.70. The number of aromatic nitrogens is 5. The Balaban J connectivity index is 2.04. The van der Waals surface area contributed by atoms with E-state index in [1.807, 2.05) is 24.6 Å². The monoisotopic (exact) mass is 326 g/mol. The van der Waals surface area contributed by atoms with E-state index in [0.717, 1.165) is 28.8 Å². The lowest BCUT2D eigenvalue weighted by molar-refractivity contribution is 0.102. The standard InChI is InChI=1S/C17H22N6O/c1-6-12(4)23-16-14(9-18-23)13(7-10(2)19-16)17(24)20-15-8-11(3)21-22(15)5/h7-9,12H,6H2,1-5H3,(H,20,24)/t12-/m1/s1. The Morgan fingerprint density at radius 3 is 2.67 bits per heavy atom. The summed E-state index contributed by atoms with van der Waals surface area (Å²) in [6, 6.07) is 3.86. The van der Waals surface area contributed by atoms with Crippen LogP contribution < -0.4 is 5.32 Å². The number of carbonyl (C=O) groups excluding carboxylic acids is 1. The Morgan fingerprint density at radius 2 is 2.04 bits per heavy atom. The number of nitrogens with one attached hydrogen (secondary N) is 1. The molecule has 0 fully saturated rings. The summed E-state index contributed by atoms with van der Waals surface area (Å²) in [4.78, 5) is 17.4. The minimum absolute atomic E-state index is 0.183. The highest BCUT2D eigenvalue weighted by molar-refractivity contribution is 6.11. The largest absolute Gasteiger partial charge is 0.307 e. The van der Waals surface area contributed by atoms with Crippen molar-refractivity contribution in [2.24, 2.45) is 7.05 Å². The summed E-state index contributed by atoms with van der Waals surface area (Å²) in [5, 5.41) is 12.4. The fourth-order valence-electron chi connectivity index (χ4n) is 2.74. The van der Waals surface area contributed by atoms with E-state index in [1.54, 1.807) is 24.0 Å². The van der Waals surface area contributed by atoms with Gasteiger partial charge < -0.3 is 5.32 Å². The van der Waals surface area contributed by atoms with Crippen molar-refractivity contribution in [1.82, 2.24) is 24.5 Å². The van der Waals surface area contributed by atoms with Crippen LogP contribution in [0.4, 0.5) is 5.82 Å². The number of hydrogen-bond donors (Lipinski definition) is 1. The highest BCUT2D eigenvalue weighted by atomic mass is 16.1. The minimum Gasteiger partial charge on any atom is -0.307 e. The first-order valence-corrected chi connectivity index (χ1v) is 8.07. The molecule has 1 N–H and O–H groups in total. The molecule has 0 aromatic carbocycles. The number of amides is 1. The van der Waals surface area contributed by atoms with E-state index in [-0.39, 0.29) is 11.9 Å². The molecule has 24 heavy (non-hydrogen) atoms. The van der Waals surface area contributed by atoms with E-state index in [2.05, 4.69) is 34.3 Å². The molecule has 1 amide bonds. The molecule has 3 aromatic heterocycles. The molecule has 0 spiro atoms. The zero-order valence-corrected chi connectivity index (χ0v) is 14.7. The summed E-state index contributed by atoms with van der Waals surface area (Å²) >= 11 is 0. The number of rotatable bonds is 4. The molecule has 3 rings (SSSR count). The van der Waals surface area contributed by atoms with E-state index in [4.69, 9.17) is 0 Å². The van der Waals surface area contributed by atoms with Crippen molar-refractivity contribution in [3.8, 4) is 0 Å². The number of anilines is 1. The van der Waals surface area contributed by atoms with Gasteiger partial charge in [0.1, 0.15) is 5.82 Å². The van der Waals surface area contributed by atoms with Gasteiger partial charge in [0.15, 0.2) is 5.65 Å². The molecule has 3 aromatic rings. The molecule has 0 aliphatic carbocycles. The van der Waals surface area contributed by atoms with Crippen molar-refractivity contribution in [1.29, 1.82) is 0 Å². The molecule has 7 heteroatoms. The maximum atomic E-state index is 12.8. The van der Waals surface area contributed by atoms with Crippen molar-refractivity contribution in [2.75, 3.05) is 5.32 Å². The first-order valence-electron chi connectivity index (χ1n) is 8.07. The van der Waals surface area contributed by atoms with Gasteiger partial charge in [0, 0.05) is 18.8 Å². The van der Waals surface area contributed by atoms with Crippen LogP contribution in [0.25, 0.3) is 11.0 Å². The Bertz CT molecular complexity index is 907. The van der Waals surface area contributed by atoms with Gasteiger partial charge in [0.05, 0.1) is 28.9 Å². The molecular formula is C17H22N6O. The van der Waals surface area contributed by atoms with Gasteiger partial charge in [-0.25, -0.2) is 9.67 Å². The van der Waals surface area contributed by atoms with Gasteiger partial charge >= 0.3 is 0 Å². The summed E-state index contributed by atoms with van der Waals surface area (Å²) in [6.45, 7) is 7.97. The van der Waals surface area contributed by atoms with Crippen molar-refractivity contribution >= 4 is 22.8 Å². The average Bonchev–Trinajstić information content (AvgIpc) is 3.08. The van der Waals surface area contributed by atoms with Gasteiger partial charge in [-0.15, -0.1) is 0 Å². The predicted octanol–water partition coefficient (Wildman–Crippen LogP) is 3.00. The van der Waals surface area contributed by atoms with E-state index in [0.29, 0.717) is 11.4 Å². The van der Waals surface area contributed by atoms with Gasteiger partial charge in [-0.05, 0) is 33.3 Å². The van der Waals surface area contributed by atoms with Crippen molar-refractivity contribution in [3.63, 3.8) is 0 Å². The maximum absolute atomic E-state index is 12.8. The van der Waals surface area contributed by atoms with Crippen LogP contribution in [0.5, 0.6) is 0 Å². The lowest BCUT2D eigenvalue weighted by Gasteiger charge is -2.11. The number of aryl methyl sites for hydroxylation is 3. The van der Waals surface area contributed by atoms with Crippen molar-refractivity contribution in [2.45, 2.75) is 40.2 Å². The lowest BCUT2D eigenvalue weighted by Crippen LogP contribution is -2.15. The number of nitrogens with zero attached hydrogens (tertiary/aromatic N) is 5. The molecule has 0 saturated heterocycles. The highest BCUT2D eigenvalue weighted by Crippen LogP contribution is 2.23. The van der Waals surface area contributed by atoms with Gasteiger partial charge in [0.25, 0.3) is 5.91 Å². The third-order valence-electron chi connectivity index (χ3n) is 4.19. The van der Waals surface area contributed by atoms with Gasteiger partial charge in [-0.3, -0.25) is 9.48 Å². The molecule has 126 valence electrons. The maximum Gasteiger partial charge on any atom is 0.257 e. The van der Waals surface area contributed by atoms with Crippen LogP contribution in [-0.2, 0) is 7.05 Å². The zero-order chi connectivity index (χ0) is 17.4. The molecule has 0 unspecified atom stereocenters. The van der Waals surface area contributed by atoms with Crippen LogP contribution >= 0.6 is 0 Å². The molecule has 0 radical (unpaired) electrons. The Labute approximate surface area is 140 Å². The van der Waals surface area contributed by atoms with E-state index >= 15 is 0 Å². The zero-order valence-electron chi connectivity index (χ0n) is 14.7. The van der Waals surface area contributed by atoms with Crippen LogP contribution in [0.15, 0.2) is 18.3 Å². The third kappa shape index (κ3) is 2.77. The summed E-state index contributed by atoms with van der Waals surface area (Å²) in [6.07, 6.45) is 2.67. The molecule has 0 aliphatic rings. The van der Waals surface area contributed by atoms with Gasteiger partial charge in [0.2, 0.25) is 0 Å². The van der Waals surface area contributed by atoms with Crippen LogP contribution in [-0.4, -0.2) is 30.5 Å². The average molecular weight is 326 g/mol. The highest BCUT2D eigenvalue weighted by Gasteiger charge is 2.18. The quantitative estimate of drug-likeness (QED) is 0.799. The van der Waals surface area contributed by atoms with Crippen LogP contribution in [0, 0.1) is 13.8 Å². The first kappa shape index (κ1) is 16.2. The second-order valence-electron chi connectivity index (χ2n) is 6.14. The van der Waals surface area contributed by atoms with Gasteiger partial charge in [-0.2, -0.15) is 10.2 Å². The van der Waals surface area contributed by atoms with E-state index < -0.39 is 0 Å². The number of hydrogen-bond acceptors (Lipinski definition) is 4. The van der Waals surface area contributed by atoms with E-state index in [1.165, 1.54) is 0 Å². The Kier molecular flexibility index (Phi) is 4.09. The predicted molar refractivity (Wildman–Crippen MR) is 93.2 cm³/mol. The molecule has 7 nitrogen and oxygen atoms in total. The Morgan fingerprint density at radius 1 is 1.29 bits per heavy atom. The third-order valence-corrected chi connectivity index (χ3v) is 4.19. The summed E-state index contributed by atoms with van der Waals surface area (Å²) < 4.78 is 3.54.